The van der Waals surface area contributed by atoms with Crippen LogP contribution in [0.3, 0.4) is 0 Å². The third-order valence-electron chi connectivity index (χ3n) is 2.68. The van der Waals surface area contributed by atoms with E-state index in [-0.39, 0.29) is 5.78 Å². The van der Waals surface area contributed by atoms with Gasteiger partial charge in [-0.1, -0.05) is 0 Å². The third kappa shape index (κ3) is 1.81. The van der Waals surface area contributed by atoms with Crippen molar-refractivity contribution < 1.29 is 4.79 Å². The zero-order valence-corrected chi connectivity index (χ0v) is 8.42. The molecule has 1 aromatic rings. The lowest BCUT2D eigenvalue weighted by Gasteiger charge is -2.04. The summed E-state index contributed by atoms with van der Waals surface area (Å²) in [6.07, 6.45) is 6.35. The van der Waals surface area contributed by atoms with Gasteiger partial charge in [0, 0.05) is 17.8 Å². The number of fused-ring (bicyclic) bond motifs is 1. The third-order valence-corrected chi connectivity index (χ3v) is 2.68. The molecule has 1 aromatic heterocycles. The van der Waals surface area contributed by atoms with E-state index in [0.717, 1.165) is 25.0 Å². The molecule has 1 aliphatic carbocycles. The Kier molecular flexibility index (Phi) is 2.57. The van der Waals surface area contributed by atoms with Crippen molar-refractivity contribution in [3.63, 3.8) is 0 Å². The molecule has 0 amide bonds. The van der Waals surface area contributed by atoms with Gasteiger partial charge in [0.25, 0.3) is 0 Å². The minimum atomic E-state index is 0.232. The van der Waals surface area contributed by atoms with Crippen molar-refractivity contribution in [3.8, 4) is 0 Å². The summed E-state index contributed by atoms with van der Waals surface area (Å²) in [6.45, 7) is 1.63. The first-order valence-electron chi connectivity index (χ1n) is 5.08. The fraction of sp³-hybridized carbons (Fsp3) is 0.545. The normalized spacial score (nSPS) is 14.1. The molecule has 0 spiro atoms. The van der Waals surface area contributed by atoms with Crippen LogP contribution in [0.4, 0.5) is 0 Å². The van der Waals surface area contributed by atoms with Crippen molar-refractivity contribution in [1.29, 1.82) is 0 Å². The molecule has 1 aliphatic rings. The van der Waals surface area contributed by atoms with Crippen LogP contribution in [-0.4, -0.2) is 15.8 Å². The number of carbonyl (C=O) groups excluding carboxylic acids is 1. The first-order chi connectivity index (χ1) is 6.77. The van der Waals surface area contributed by atoms with Crippen LogP contribution in [0.5, 0.6) is 0 Å². The summed E-state index contributed by atoms with van der Waals surface area (Å²) in [4.78, 5) is 19.4. The minimum Gasteiger partial charge on any atom is -0.300 e. The minimum absolute atomic E-state index is 0.232. The van der Waals surface area contributed by atoms with E-state index < -0.39 is 0 Å². The van der Waals surface area contributed by atoms with Crippen molar-refractivity contribution in [2.75, 3.05) is 0 Å². The maximum Gasteiger partial charge on any atom is 0.130 e. The van der Waals surface area contributed by atoms with E-state index in [2.05, 4.69) is 9.97 Å². The molecule has 14 heavy (non-hydrogen) atoms. The summed E-state index contributed by atoms with van der Waals surface area (Å²) >= 11 is 0. The largest absolute Gasteiger partial charge is 0.300 e. The summed E-state index contributed by atoms with van der Waals surface area (Å²) < 4.78 is 0. The van der Waals surface area contributed by atoms with Gasteiger partial charge in [-0.3, -0.25) is 0 Å². The highest BCUT2D eigenvalue weighted by Gasteiger charge is 2.16. The van der Waals surface area contributed by atoms with Crippen LogP contribution in [0.2, 0.25) is 0 Å². The Morgan fingerprint density at radius 2 is 2.29 bits per heavy atom. The number of carbonyl (C=O) groups is 1. The SMILES string of the molecule is CC(=O)CCc1ncnc2c1CCC2. The quantitative estimate of drug-likeness (QED) is 0.725. The van der Waals surface area contributed by atoms with E-state index in [0.29, 0.717) is 6.42 Å². The van der Waals surface area contributed by atoms with E-state index in [1.807, 2.05) is 0 Å². The standard InChI is InChI=1S/C11H14N2O/c1-8(14)5-6-11-9-3-2-4-10(9)12-7-13-11/h7H,2-6H2,1H3. The van der Waals surface area contributed by atoms with Crippen molar-refractivity contribution in [2.45, 2.75) is 39.0 Å². The van der Waals surface area contributed by atoms with Crippen LogP contribution >= 0.6 is 0 Å². The average Bonchev–Trinajstić information content (AvgIpc) is 2.62. The molecule has 3 heteroatoms. The van der Waals surface area contributed by atoms with Gasteiger partial charge in [0.1, 0.15) is 12.1 Å². The number of aromatic nitrogens is 2. The maximum atomic E-state index is 10.9. The maximum absolute atomic E-state index is 10.9. The van der Waals surface area contributed by atoms with E-state index in [9.17, 15) is 4.79 Å². The molecule has 3 nitrogen and oxygen atoms in total. The van der Waals surface area contributed by atoms with Gasteiger partial charge in [-0.05, 0) is 38.2 Å². The van der Waals surface area contributed by atoms with Crippen LogP contribution in [0.25, 0.3) is 0 Å². The molecule has 2 rings (SSSR count). The summed E-state index contributed by atoms with van der Waals surface area (Å²) in [5, 5.41) is 0. The Morgan fingerprint density at radius 1 is 1.43 bits per heavy atom. The molecule has 0 bridgehead atoms. The number of rotatable bonds is 3. The number of aryl methyl sites for hydroxylation is 2. The zero-order valence-electron chi connectivity index (χ0n) is 8.42. The molecule has 0 fully saturated rings. The van der Waals surface area contributed by atoms with Gasteiger partial charge in [-0.15, -0.1) is 0 Å². The topological polar surface area (TPSA) is 42.9 Å². The van der Waals surface area contributed by atoms with Gasteiger partial charge in [0.15, 0.2) is 0 Å². The van der Waals surface area contributed by atoms with Crippen LogP contribution in [0.1, 0.15) is 36.7 Å². The summed E-state index contributed by atoms with van der Waals surface area (Å²) in [6, 6.07) is 0. The lowest BCUT2D eigenvalue weighted by Crippen LogP contribution is -2.02. The van der Waals surface area contributed by atoms with Crippen molar-refractivity contribution >= 4 is 5.78 Å². The number of hydrogen-bond acceptors (Lipinski definition) is 3. The van der Waals surface area contributed by atoms with Gasteiger partial charge in [0.05, 0.1) is 0 Å². The van der Waals surface area contributed by atoms with Crippen molar-refractivity contribution in [2.24, 2.45) is 0 Å². The predicted molar refractivity (Wildman–Crippen MR) is 53.1 cm³/mol. The Balaban J connectivity index is 2.17. The Hall–Kier alpha value is -1.25. The highest BCUT2D eigenvalue weighted by molar-refractivity contribution is 5.75. The lowest BCUT2D eigenvalue weighted by molar-refractivity contribution is -0.116. The summed E-state index contributed by atoms with van der Waals surface area (Å²) in [5.41, 5.74) is 3.58. The van der Waals surface area contributed by atoms with E-state index in [1.54, 1.807) is 13.3 Å². The van der Waals surface area contributed by atoms with Gasteiger partial charge < -0.3 is 4.79 Å². The molecule has 0 radical (unpaired) electrons. The van der Waals surface area contributed by atoms with E-state index >= 15 is 0 Å². The predicted octanol–water partition coefficient (Wildman–Crippen LogP) is 1.49. The number of nitrogens with zero attached hydrogens (tertiary/aromatic N) is 2. The summed E-state index contributed by atoms with van der Waals surface area (Å²) in [7, 11) is 0. The average molecular weight is 190 g/mol. The van der Waals surface area contributed by atoms with Gasteiger partial charge in [-0.25, -0.2) is 9.97 Å². The first-order valence-corrected chi connectivity index (χ1v) is 5.08. The molecule has 0 saturated heterocycles. The Bertz CT molecular complexity index is 360. The second kappa shape index (κ2) is 3.86. The molecular weight excluding hydrogens is 176 g/mol. The molecule has 0 atom stereocenters. The highest BCUT2D eigenvalue weighted by atomic mass is 16.1. The second-order valence-corrected chi connectivity index (χ2v) is 3.80. The van der Waals surface area contributed by atoms with Crippen LogP contribution in [0.15, 0.2) is 6.33 Å². The first kappa shape index (κ1) is 9.31. The van der Waals surface area contributed by atoms with Crippen LogP contribution in [0, 0.1) is 0 Å². The smallest absolute Gasteiger partial charge is 0.130 e. The second-order valence-electron chi connectivity index (χ2n) is 3.80. The number of hydrogen-bond donors (Lipinski definition) is 0. The Labute approximate surface area is 83.6 Å². The molecule has 0 unspecified atom stereocenters. The molecule has 74 valence electrons. The molecule has 0 aliphatic heterocycles. The number of ketones is 1. The molecular formula is C11H14N2O. The molecule has 0 N–H and O–H groups in total. The number of Topliss-reactive ketones (excluding diaryl/α,β-unsaturated/α-hetero) is 1. The molecule has 1 heterocycles. The zero-order chi connectivity index (χ0) is 9.97. The lowest BCUT2D eigenvalue weighted by atomic mass is 10.1. The Morgan fingerprint density at radius 3 is 3.07 bits per heavy atom. The summed E-state index contributed by atoms with van der Waals surface area (Å²) in [5.74, 6) is 0.232. The van der Waals surface area contributed by atoms with Gasteiger partial charge in [0.2, 0.25) is 0 Å². The van der Waals surface area contributed by atoms with E-state index in [1.165, 1.54) is 17.7 Å². The van der Waals surface area contributed by atoms with Gasteiger partial charge in [-0.2, -0.15) is 0 Å². The molecule has 0 aromatic carbocycles. The van der Waals surface area contributed by atoms with Crippen LogP contribution in [-0.2, 0) is 24.1 Å². The highest BCUT2D eigenvalue weighted by Crippen LogP contribution is 2.22. The van der Waals surface area contributed by atoms with Crippen LogP contribution < -0.4 is 0 Å². The van der Waals surface area contributed by atoms with Crippen molar-refractivity contribution in [3.05, 3.63) is 23.3 Å². The molecule has 0 saturated carbocycles. The monoisotopic (exact) mass is 190 g/mol. The fourth-order valence-electron chi connectivity index (χ4n) is 1.94. The van der Waals surface area contributed by atoms with Crippen molar-refractivity contribution in [1.82, 2.24) is 9.97 Å². The van der Waals surface area contributed by atoms with E-state index in [4.69, 9.17) is 0 Å². The fourth-order valence-corrected chi connectivity index (χ4v) is 1.94. The van der Waals surface area contributed by atoms with Gasteiger partial charge >= 0.3 is 0 Å².